The fourth-order valence-corrected chi connectivity index (χ4v) is 6.52. The Bertz CT molecular complexity index is 1940. The van der Waals surface area contributed by atoms with Crippen molar-refractivity contribution in [1.82, 2.24) is 4.90 Å². The number of hydrogen-bond acceptors (Lipinski definition) is 10. The zero-order chi connectivity index (χ0) is 38.8. The van der Waals surface area contributed by atoms with Crippen molar-refractivity contribution in [2.24, 2.45) is 0 Å². The zero-order valence-electron chi connectivity index (χ0n) is 31.0. The summed E-state index contributed by atoms with van der Waals surface area (Å²) >= 11 is 0. The second-order valence-electron chi connectivity index (χ2n) is 12.8. The van der Waals surface area contributed by atoms with Gasteiger partial charge in [0.15, 0.2) is 0 Å². The van der Waals surface area contributed by atoms with Crippen LogP contribution in [0.15, 0.2) is 93.9 Å². The van der Waals surface area contributed by atoms with Gasteiger partial charge in [-0.1, -0.05) is 48.5 Å². The molecule has 1 N–H and O–H groups in total. The molecule has 0 radical (unpaired) electrons. The van der Waals surface area contributed by atoms with E-state index in [1.165, 1.54) is 34.9 Å². The Morgan fingerprint density at radius 1 is 0.585 bits per heavy atom. The molecule has 0 spiro atoms. The van der Waals surface area contributed by atoms with E-state index >= 15 is 0 Å². The highest BCUT2D eigenvalue weighted by Crippen LogP contribution is 2.29. The van der Waals surface area contributed by atoms with Gasteiger partial charge in [-0.25, -0.2) is 0 Å². The number of rotatable bonds is 12. The van der Waals surface area contributed by atoms with Crippen LogP contribution < -0.4 is 0 Å². The standard InChI is InChI=1S/C23H27NO5.C18H18O6/c1-15-18(21(27)23(29-3)22(28-2)20(15)26)13-16-8-7-9-17(12-16)14-19(25)24-10-5-4-6-11-24;1-10-13(16(22)18(24-3)17(23-2)15(10)21)8-11-5-4-6-12(7-11)9-14(19)20/h7-9,12H,4-6,10-11,13-14H2,1-3H3;4-7H,8-9H2,1-3H3,(H,19,20). The highest BCUT2D eigenvalue weighted by molar-refractivity contribution is 6.24. The minimum atomic E-state index is -0.930. The van der Waals surface area contributed by atoms with E-state index in [2.05, 4.69) is 0 Å². The Morgan fingerprint density at radius 2 is 0.962 bits per heavy atom. The predicted octanol–water partition coefficient (Wildman–Crippen LogP) is 4.59. The summed E-state index contributed by atoms with van der Waals surface area (Å²) in [4.78, 5) is 75.6. The molecule has 1 saturated heterocycles. The minimum Gasteiger partial charge on any atom is -0.489 e. The summed E-state index contributed by atoms with van der Waals surface area (Å²) in [6.45, 7) is 4.86. The lowest BCUT2D eigenvalue weighted by Gasteiger charge is -2.26. The van der Waals surface area contributed by atoms with Gasteiger partial charge in [0.05, 0.1) is 41.3 Å². The first-order chi connectivity index (χ1) is 25.3. The number of carboxylic acids is 1. The average Bonchev–Trinajstić information content (AvgIpc) is 3.15. The maximum Gasteiger partial charge on any atom is 0.307 e. The highest BCUT2D eigenvalue weighted by atomic mass is 16.5. The van der Waals surface area contributed by atoms with Crippen molar-refractivity contribution in [1.29, 1.82) is 0 Å². The Hall–Kier alpha value is -5.78. The molecule has 2 aromatic rings. The Kier molecular flexibility index (Phi) is 13.7. The number of amides is 1. The van der Waals surface area contributed by atoms with Crippen LogP contribution in [0.2, 0.25) is 0 Å². The van der Waals surface area contributed by atoms with E-state index in [9.17, 15) is 28.8 Å². The van der Waals surface area contributed by atoms with Crippen LogP contribution >= 0.6 is 0 Å². The zero-order valence-corrected chi connectivity index (χ0v) is 31.0. The second-order valence-corrected chi connectivity index (χ2v) is 12.8. The van der Waals surface area contributed by atoms with Gasteiger partial charge in [-0.3, -0.25) is 28.8 Å². The number of allylic oxidation sites excluding steroid dienone is 4. The molecule has 12 nitrogen and oxygen atoms in total. The predicted molar refractivity (Wildman–Crippen MR) is 193 cm³/mol. The topological polar surface area (TPSA) is 163 Å². The van der Waals surface area contributed by atoms with Gasteiger partial charge in [0, 0.05) is 48.2 Å². The molecular weight excluding hydrogens is 682 g/mol. The van der Waals surface area contributed by atoms with Gasteiger partial charge < -0.3 is 29.0 Å². The largest absolute Gasteiger partial charge is 0.489 e. The molecule has 12 heteroatoms. The first-order valence-electron chi connectivity index (χ1n) is 17.2. The van der Waals surface area contributed by atoms with Crippen LogP contribution in [0.25, 0.3) is 0 Å². The lowest BCUT2D eigenvalue weighted by Crippen LogP contribution is -2.36. The molecule has 0 unspecified atom stereocenters. The number of benzene rings is 2. The van der Waals surface area contributed by atoms with Gasteiger partial charge in [0.25, 0.3) is 0 Å². The van der Waals surface area contributed by atoms with E-state index in [1.54, 1.807) is 38.1 Å². The third-order valence-corrected chi connectivity index (χ3v) is 9.35. The SMILES string of the molecule is COC1=C(OC)C(=O)C(Cc2cccc(CC(=O)N3CCCCC3)c2)=C(C)C1=O.COC1=C(OC)C(=O)C(Cc2cccc(CC(=O)O)c2)=C(C)C1=O. The number of methoxy groups -OCH3 is 4. The number of carboxylic acid groups (broad SMARTS) is 1. The number of piperidine rings is 1. The van der Waals surface area contributed by atoms with Gasteiger partial charge >= 0.3 is 5.97 Å². The number of ketones is 4. The lowest BCUT2D eigenvalue weighted by molar-refractivity contribution is -0.136. The molecular formula is C41H45NO11. The van der Waals surface area contributed by atoms with Crippen LogP contribution in [0.5, 0.6) is 0 Å². The summed E-state index contributed by atoms with van der Waals surface area (Å²) in [5, 5.41) is 8.88. The first kappa shape index (κ1) is 40.0. The van der Waals surface area contributed by atoms with Crippen molar-refractivity contribution in [3.63, 3.8) is 0 Å². The first-order valence-corrected chi connectivity index (χ1v) is 17.2. The molecule has 0 saturated carbocycles. The van der Waals surface area contributed by atoms with Gasteiger partial charge in [-0.05, 0) is 55.4 Å². The number of nitrogens with zero attached hydrogens (tertiary/aromatic N) is 1. The summed E-state index contributed by atoms with van der Waals surface area (Å²) in [6, 6.07) is 14.6. The van der Waals surface area contributed by atoms with E-state index in [-0.39, 0.29) is 59.1 Å². The average molecular weight is 728 g/mol. The third-order valence-electron chi connectivity index (χ3n) is 9.35. The molecule has 1 heterocycles. The molecule has 2 aromatic carbocycles. The van der Waals surface area contributed by atoms with E-state index in [0.717, 1.165) is 42.6 Å². The number of Topliss-reactive ketones (excluding diaryl/α,β-unsaturated/α-hetero) is 4. The number of likely N-dealkylation sites (tertiary alicyclic amines) is 1. The maximum absolute atomic E-state index is 12.8. The smallest absolute Gasteiger partial charge is 0.307 e. The summed E-state index contributed by atoms with van der Waals surface area (Å²) < 4.78 is 20.2. The summed E-state index contributed by atoms with van der Waals surface area (Å²) in [7, 11) is 5.32. The molecule has 2 aliphatic carbocycles. The van der Waals surface area contributed by atoms with Crippen LogP contribution in [0.1, 0.15) is 55.4 Å². The molecule has 0 atom stereocenters. The van der Waals surface area contributed by atoms with Crippen LogP contribution in [-0.2, 0) is 73.4 Å². The number of ether oxygens (including phenoxy) is 4. The Balaban J connectivity index is 0.000000241. The van der Waals surface area contributed by atoms with Crippen molar-refractivity contribution in [3.05, 3.63) is 116 Å². The molecule has 5 rings (SSSR count). The van der Waals surface area contributed by atoms with Gasteiger partial charge in [0.2, 0.25) is 52.1 Å². The highest BCUT2D eigenvalue weighted by Gasteiger charge is 2.36. The van der Waals surface area contributed by atoms with E-state index in [4.69, 9.17) is 24.1 Å². The molecule has 0 bridgehead atoms. The van der Waals surface area contributed by atoms with Crippen LogP contribution in [0.4, 0.5) is 0 Å². The Labute approximate surface area is 308 Å². The lowest BCUT2D eigenvalue weighted by atomic mass is 9.88. The fraction of sp³-hybridized carbons (Fsp3) is 0.366. The summed E-state index contributed by atoms with van der Waals surface area (Å²) in [5.74, 6) is -2.56. The normalized spacial score (nSPS) is 16.5. The third kappa shape index (κ3) is 9.37. The van der Waals surface area contributed by atoms with Crippen LogP contribution in [0, 0.1) is 0 Å². The van der Waals surface area contributed by atoms with E-state index < -0.39 is 11.8 Å². The molecule has 3 aliphatic rings. The number of carbonyl (C=O) groups excluding carboxylic acids is 5. The van der Waals surface area contributed by atoms with Crippen LogP contribution in [-0.4, -0.2) is 86.5 Å². The van der Waals surface area contributed by atoms with Crippen molar-refractivity contribution in [3.8, 4) is 0 Å². The summed E-state index contributed by atoms with van der Waals surface area (Å²) in [6.07, 6.45) is 4.07. The summed E-state index contributed by atoms with van der Waals surface area (Å²) in [5.41, 5.74) is 4.56. The molecule has 0 aromatic heterocycles. The monoisotopic (exact) mass is 727 g/mol. The van der Waals surface area contributed by atoms with Crippen molar-refractivity contribution >= 4 is 35.0 Å². The number of hydrogen-bond donors (Lipinski definition) is 1. The number of carbonyl (C=O) groups is 6. The maximum atomic E-state index is 12.8. The van der Waals surface area contributed by atoms with E-state index in [1.807, 2.05) is 29.2 Å². The van der Waals surface area contributed by atoms with Gasteiger partial charge in [-0.2, -0.15) is 0 Å². The molecule has 53 heavy (non-hydrogen) atoms. The van der Waals surface area contributed by atoms with E-state index in [0.29, 0.717) is 40.7 Å². The van der Waals surface area contributed by atoms with Crippen molar-refractivity contribution in [2.75, 3.05) is 41.5 Å². The van der Waals surface area contributed by atoms with Crippen LogP contribution in [0.3, 0.4) is 0 Å². The number of aliphatic carboxylic acids is 1. The molecule has 1 fully saturated rings. The molecule has 1 amide bonds. The molecule has 280 valence electrons. The molecule has 1 aliphatic heterocycles. The minimum absolute atomic E-state index is 0.0559. The van der Waals surface area contributed by atoms with Gasteiger partial charge in [-0.15, -0.1) is 0 Å². The second kappa shape index (κ2) is 18.1. The van der Waals surface area contributed by atoms with Crippen molar-refractivity contribution < 1.29 is 52.8 Å². The quantitative estimate of drug-likeness (QED) is 0.305. The fourth-order valence-electron chi connectivity index (χ4n) is 6.52. The van der Waals surface area contributed by atoms with Crippen molar-refractivity contribution in [2.45, 2.75) is 58.8 Å². The van der Waals surface area contributed by atoms with Gasteiger partial charge in [0.1, 0.15) is 0 Å². The Morgan fingerprint density at radius 3 is 1.36 bits per heavy atom.